The van der Waals surface area contributed by atoms with Crippen LogP contribution in [0.3, 0.4) is 0 Å². The van der Waals surface area contributed by atoms with Crippen molar-refractivity contribution in [3.63, 3.8) is 0 Å². The van der Waals surface area contributed by atoms with Crippen LogP contribution in [0.1, 0.15) is 11.3 Å². The highest BCUT2D eigenvalue weighted by molar-refractivity contribution is 7.26. The molecule has 0 bridgehead atoms. The standard InChI is InChI=1S/C49H34N2S/c1-3-4-11-39-32(2)50(49-42(39)30-31-47-48(49)43-14-7-10-17-46(43)52-47)37-26-22-35(23-27-37)33-18-20-34(21-19-33)36-24-28-38(29-25-36)51-44-15-8-5-12-40(44)41-13-6-9-16-45(41)51/h3-31H,1H2,2H3/b11-4-. The van der Waals surface area contributed by atoms with E-state index in [-0.39, 0.29) is 0 Å². The Balaban J connectivity index is 0.989. The fourth-order valence-electron chi connectivity index (χ4n) is 8.09. The molecule has 52 heavy (non-hydrogen) atoms. The Labute approximate surface area is 306 Å². The van der Waals surface area contributed by atoms with E-state index in [2.05, 4.69) is 186 Å². The first kappa shape index (κ1) is 30.4. The first-order chi connectivity index (χ1) is 25.7. The minimum atomic E-state index is 1.16. The molecule has 7 aromatic carbocycles. The van der Waals surface area contributed by atoms with E-state index < -0.39 is 0 Å². The molecule has 10 rings (SSSR count). The van der Waals surface area contributed by atoms with E-state index in [9.17, 15) is 0 Å². The molecule has 0 aliphatic rings. The van der Waals surface area contributed by atoms with Gasteiger partial charge in [-0.05, 0) is 77.7 Å². The summed E-state index contributed by atoms with van der Waals surface area (Å²) < 4.78 is 7.43. The normalized spacial score (nSPS) is 11.9. The monoisotopic (exact) mass is 682 g/mol. The van der Waals surface area contributed by atoms with Gasteiger partial charge < -0.3 is 9.13 Å². The van der Waals surface area contributed by atoms with E-state index in [1.807, 2.05) is 23.5 Å². The third-order valence-electron chi connectivity index (χ3n) is 10.5. The quantitative estimate of drug-likeness (QED) is 0.155. The van der Waals surface area contributed by atoms with Crippen LogP contribution < -0.4 is 0 Å². The largest absolute Gasteiger partial charge is 0.313 e. The Morgan fingerprint density at radius 2 is 0.981 bits per heavy atom. The average molecular weight is 683 g/mol. The number of benzene rings is 7. The smallest absolute Gasteiger partial charge is 0.0630 e. The molecule has 3 aromatic heterocycles. The second-order valence-corrected chi connectivity index (χ2v) is 14.5. The van der Waals surface area contributed by atoms with E-state index in [0.29, 0.717) is 0 Å². The fraction of sp³-hybridized carbons (Fsp3) is 0.0204. The van der Waals surface area contributed by atoms with Crippen molar-refractivity contribution in [2.24, 2.45) is 0 Å². The van der Waals surface area contributed by atoms with Crippen molar-refractivity contribution in [1.82, 2.24) is 9.13 Å². The van der Waals surface area contributed by atoms with Crippen LogP contribution in [0.2, 0.25) is 0 Å². The lowest BCUT2D eigenvalue weighted by Gasteiger charge is -2.12. The molecule has 0 spiro atoms. The highest BCUT2D eigenvalue weighted by Crippen LogP contribution is 2.42. The third-order valence-corrected chi connectivity index (χ3v) is 11.7. The summed E-state index contributed by atoms with van der Waals surface area (Å²) in [6, 6.07) is 57.6. The zero-order valence-electron chi connectivity index (χ0n) is 28.8. The van der Waals surface area contributed by atoms with Gasteiger partial charge in [0.1, 0.15) is 0 Å². The average Bonchev–Trinajstić information content (AvgIpc) is 3.84. The highest BCUT2D eigenvalue weighted by atomic mass is 32.1. The van der Waals surface area contributed by atoms with Crippen LogP contribution in [0.25, 0.3) is 92.6 Å². The number of allylic oxidation sites excluding steroid dienone is 2. The SMILES string of the molecule is C=C/C=C\c1c(C)n(-c2ccc(-c3ccc(-c4ccc(-n5c6ccccc6c6ccccc65)cc4)cc3)cc2)c2c1ccc1sc3ccccc3c12. The molecule has 0 radical (unpaired) electrons. The van der Waals surface area contributed by atoms with Gasteiger partial charge >= 0.3 is 0 Å². The number of fused-ring (bicyclic) bond motifs is 8. The topological polar surface area (TPSA) is 9.86 Å². The van der Waals surface area contributed by atoms with Gasteiger partial charge in [-0.1, -0.05) is 134 Å². The minimum absolute atomic E-state index is 1.16. The maximum atomic E-state index is 3.93. The van der Waals surface area contributed by atoms with Crippen molar-refractivity contribution in [1.29, 1.82) is 0 Å². The van der Waals surface area contributed by atoms with Crippen LogP contribution in [0.4, 0.5) is 0 Å². The zero-order valence-corrected chi connectivity index (χ0v) is 29.6. The van der Waals surface area contributed by atoms with Gasteiger partial charge in [-0.15, -0.1) is 11.3 Å². The molecule has 0 unspecified atom stereocenters. The summed E-state index contributed by atoms with van der Waals surface area (Å²) in [5.74, 6) is 0. The van der Waals surface area contributed by atoms with Crippen molar-refractivity contribution in [2.45, 2.75) is 6.92 Å². The van der Waals surface area contributed by atoms with Crippen LogP contribution >= 0.6 is 11.3 Å². The van der Waals surface area contributed by atoms with Crippen molar-refractivity contribution in [3.8, 4) is 33.6 Å². The lowest BCUT2D eigenvalue weighted by atomic mass is 10.00. The van der Waals surface area contributed by atoms with Crippen LogP contribution in [-0.4, -0.2) is 9.13 Å². The highest BCUT2D eigenvalue weighted by Gasteiger charge is 2.19. The Morgan fingerprint density at radius 1 is 0.481 bits per heavy atom. The summed E-state index contributed by atoms with van der Waals surface area (Å²) in [4.78, 5) is 0. The van der Waals surface area contributed by atoms with Gasteiger partial charge in [0.25, 0.3) is 0 Å². The summed E-state index contributed by atoms with van der Waals surface area (Å²) in [5, 5.41) is 6.45. The van der Waals surface area contributed by atoms with Gasteiger partial charge in [-0.3, -0.25) is 0 Å². The van der Waals surface area contributed by atoms with Gasteiger partial charge in [-0.25, -0.2) is 0 Å². The Kier molecular flexibility index (Phi) is 7.09. The molecule has 2 nitrogen and oxygen atoms in total. The van der Waals surface area contributed by atoms with E-state index in [4.69, 9.17) is 0 Å². The van der Waals surface area contributed by atoms with Crippen LogP contribution in [0, 0.1) is 6.92 Å². The Hall–Kier alpha value is -6.42. The molecule has 10 aromatic rings. The van der Waals surface area contributed by atoms with Crippen LogP contribution in [-0.2, 0) is 0 Å². The number of thiophene rings is 1. The first-order valence-electron chi connectivity index (χ1n) is 17.7. The molecule has 3 heterocycles. The first-order valence-corrected chi connectivity index (χ1v) is 18.5. The number of hydrogen-bond acceptors (Lipinski definition) is 1. The number of hydrogen-bond donors (Lipinski definition) is 0. The summed E-state index contributed by atoms with van der Waals surface area (Å²) in [7, 11) is 0. The number of para-hydroxylation sites is 2. The summed E-state index contributed by atoms with van der Waals surface area (Å²) >= 11 is 1.86. The van der Waals surface area contributed by atoms with Gasteiger partial charge in [-0.2, -0.15) is 0 Å². The zero-order chi connectivity index (χ0) is 34.8. The summed E-state index contributed by atoms with van der Waals surface area (Å²) in [6.45, 7) is 6.16. The van der Waals surface area contributed by atoms with Gasteiger partial charge in [0.2, 0.25) is 0 Å². The van der Waals surface area contributed by atoms with E-state index in [0.717, 1.165) is 5.69 Å². The van der Waals surface area contributed by atoms with Crippen molar-refractivity contribution < 1.29 is 0 Å². The molecule has 0 aliphatic heterocycles. The molecule has 0 N–H and O–H groups in total. The molecule has 0 saturated heterocycles. The molecule has 246 valence electrons. The molecule has 3 heteroatoms. The fourth-order valence-corrected chi connectivity index (χ4v) is 9.20. The Bertz CT molecular complexity index is 2950. The molecular weight excluding hydrogens is 649 g/mol. The van der Waals surface area contributed by atoms with Gasteiger partial charge in [0.05, 0.1) is 16.6 Å². The second kappa shape index (κ2) is 12.1. The third kappa shape index (κ3) is 4.71. The predicted molar refractivity (Wildman–Crippen MR) is 225 cm³/mol. The maximum Gasteiger partial charge on any atom is 0.0630 e. The van der Waals surface area contributed by atoms with Crippen molar-refractivity contribution >= 4 is 70.3 Å². The second-order valence-electron chi connectivity index (χ2n) is 13.4. The van der Waals surface area contributed by atoms with Crippen molar-refractivity contribution in [3.05, 3.63) is 188 Å². The maximum absolute atomic E-state index is 3.93. The van der Waals surface area contributed by atoms with Crippen molar-refractivity contribution in [2.75, 3.05) is 0 Å². The molecule has 0 atom stereocenters. The summed E-state index contributed by atoms with van der Waals surface area (Å²) in [6.07, 6.45) is 6.08. The number of nitrogens with zero attached hydrogens (tertiary/aromatic N) is 2. The molecular formula is C49H34N2S. The number of aromatic nitrogens is 2. The van der Waals surface area contributed by atoms with Crippen LogP contribution in [0.15, 0.2) is 176 Å². The molecule has 0 fully saturated rings. The molecule has 0 aliphatic carbocycles. The lowest BCUT2D eigenvalue weighted by molar-refractivity contribution is 1.05. The van der Waals surface area contributed by atoms with Crippen LogP contribution in [0.5, 0.6) is 0 Å². The molecule has 0 amide bonds. The van der Waals surface area contributed by atoms with E-state index in [1.165, 1.54) is 92.1 Å². The Morgan fingerprint density at radius 3 is 1.56 bits per heavy atom. The van der Waals surface area contributed by atoms with Gasteiger partial charge in [0, 0.05) is 59.0 Å². The van der Waals surface area contributed by atoms with Gasteiger partial charge in [0.15, 0.2) is 0 Å². The predicted octanol–water partition coefficient (Wildman–Crippen LogP) is 13.9. The van der Waals surface area contributed by atoms with E-state index >= 15 is 0 Å². The minimum Gasteiger partial charge on any atom is -0.313 e. The lowest BCUT2D eigenvalue weighted by Crippen LogP contribution is -1.97. The number of rotatable bonds is 6. The molecule has 0 saturated carbocycles. The summed E-state index contributed by atoms with van der Waals surface area (Å²) in [5.41, 5.74) is 13.3. The van der Waals surface area contributed by atoms with E-state index in [1.54, 1.807) is 0 Å².